The van der Waals surface area contributed by atoms with Gasteiger partial charge < -0.3 is 15.2 Å². The third-order valence-corrected chi connectivity index (χ3v) is 4.69. The molecule has 1 saturated heterocycles. The van der Waals surface area contributed by atoms with Gasteiger partial charge in [-0.15, -0.1) is 0 Å². The average Bonchev–Trinajstić information content (AvgIpc) is 2.81. The van der Waals surface area contributed by atoms with Crippen molar-refractivity contribution in [2.45, 2.75) is 32.7 Å². The lowest BCUT2D eigenvalue weighted by atomic mass is 10.0. The van der Waals surface area contributed by atoms with Crippen LogP contribution in [0.15, 0.2) is 18.2 Å². The summed E-state index contributed by atoms with van der Waals surface area (Å²) in [5.74, 6) is 0.115. The van der Waals surface area contributed by atoms with Crippen LogP contribution in [0.4, 0.5) is 0 Å². The molecule has 1 aromatic carbocycles. The molecule has 1 aliphatic heterocycles. The van der Waals surface area contributed by atoms with Crippen molar-refractivity contribution in [2.75, 3.05) is 20.1 Å². The summed E-state index contributed by atoms with van der Waals surface area (Å²) >= 11 is 0. The number of fused-ring (bicyclic) bond motifs is 1. The molecule has 2 N–H and O–H groups in total. The first-order valence-electron chi connectivity index (χ1n) is 7.64. The Balaban J connectivity index is 1.88. The Morgan fingerprint density at radius 1 is 1.33 bits per heavy atom. The highest BCUT2D eigenvalue weighted by molar-refractivity contribution is 5.99. The van der Waals surface area contributed by atoms with Crippen LogP contribution in [0.25, 0.3) is 10.9 Å². The summed E-state index contributed by atoms with van der Waals surface area (Å²) in [5, 5.41) is 4.51. The summed E-state index contributed by atoms with van der Waals surface area (Å²) in [5.41, 5.74) is 4.27. The van der Waals surface area contributed by atoms with Gasteiger partial charge in [0.15, 0.2) is 0 Å². The van der Waals surface area contributed by atoms with E-state index in [9.17, 15) is 4.79 Å². The van der Waals surface area contributed by atoms with Crippen molar-refractivity contribution in [3.63, 3.8) is 0 Å². The summed E-state index contributed by atoms with van der Waals surface area (Å²) in [6.07, 6.45) is 2.22. The highest BCUT2D eigenvalue weighted by Gasteiger charge is 2.23. The summed E-state index contributed by atoms with van der Waals surface area (Å²) < 4.78 is 0. The number of carbonyl (C=O) groups is 1. The molecular formula is C17H23N3O. The summed E-state index contributed by atoms with van der Waals surface area (Å²) in [4.78, 5) is 17.9. The van der Waals surface area contributed by atoms with Crippen molar-refractivity contribution in [3.05, 3.63) is 35.0 Å². The van der Waals surface area contributed by atoms with Gasteiger partial charge in [0.1, 0.15) is 0 Å². The zero-order valence-electron chi connectivity index (χ0n) is 13.0. The van der Waals surface area contributed by atoms with Crippen molar-refractivity contribution in [1.82, 2.24) is 15.2 Å². The van der Waals surface area contributed by atoms with Crippen LogP contribution in [0.5, 0.6) is 0 Å². The minimum absolute atomic E-state index is 0.115. The second-order valence-electron chi connectivity index (χ2n) is 6.05. The molecule has 0 saturated carbocycles. The first-order chi connectivity index (χ1) is 10.1. The van der Waals surface area contributed by atoms with Crippen LogP contribution >= 0.6 is 0 Å². The molecule has 0 bridgehead atoms. The van der Waals surface area contributed by atoms with Gasteiger partial charge >= 0.3 is 0 Å². The van der Waals surface area contributed by atoms with E-state index < -0.39 is 0 Å². The maximum Gasteiger partial charge on any atom is 0.253 e. The van der Waals surface area contributed by atoms with Gasteiger partial charge in [-0.25, -0.2) is 0 Å². The molecular weight excluding hydrogens is 262 g/mol. The molecule has 1 fully saturated rings. The lowest BCUT2D eigenvalue weighted by Crippen LogP contribution is -2.46. The Morgan fingerprint density at radius 2 is 2.14 bits per heavy atom. The predicted octanol–water partition coefficient (Wildman–Crippen LogP) is 2.61. The highest BCUT2D eigenvalue weighted by Crippen LogP contribution is 2.23. The van der Waals surface area contributed by atoms with Crippen LogP contribution in [-0.4, -0.2) is 42.0 Å². The number of carbonyl (C=O) groups excluding carboxylic acids is 1. The first-order valence-corrected chi connectivity index (χ1v) is 7.64. The summed E-state index contributed by atoms with van der Waals surface area (Å²) in [7, 11) is 1.92. The molecule has 0 radical (unpaired) electrons. The normalized spacial score (nSPS) is 18.9. The van der Waals surface area contributed by atoms with Crippen LogP contribution in [0.3, 0.4) is 0 Å². The van der Waals surface area contributed by atoms with Gasteiger partial charge in [0.25, 0.3) is 5.91 Å². The second-order valence-corrected chi connectivity index (χ2v) is 6.05. The molecule has 1 aromatic heterocycles. The molecule has 1 atom stereocenters. The van der Waals surface area contributed by atoms with Gasteiger partial charge in [0.2, 0.25) is 0 Å². The number of aromatic nitrogens is 1. The number of nitrogens with one attached hydrogen (secondary N) is 2. The van der Waals surface area contributed by atoms with Gasteiger partial charge in [-0.1, -0.05) is 0 Å². The fraction of sp³-hybridized carbons (Fsp3) is 0.471. The zero-order valence-corrected chi connectivity index (χ0v) is 13.0. The number of hydrogen-bond donors (Lipinski definition) is 2. The Bertz CT molecular complexity index is 668. The number of aryl methyl sites for hydroxylation is 2. The third kappa shape index (κ3) is 2.56. The standard InChI is InChI=1S/C17H23N3O/c1-11-12(2)19-16-7-6-13(9-15(11)16)17(21)20(3)14-5-4-8-18-10-14/h6-7,9,14,18-19H,4-5,8,10H2,1-3H3. The van der Waals surface area contributed by atoms with E-state index in [1.165, 1.54) is 11.3 Å². The molecule has 2 heterocycles. The predicted molar refractivity (Wildman–Crippen MR) is 85.8 cm³/mol. The van der Waals surface area contributed by atoms with Crippen molar-refractivity contribution in [2.24, 2.45) is 0 Å². The van der Waals surface area contributed by atoms with E-state index >= 15 is 0 Å². The molecule has 0 spiro atoms. The number of piperidine rings is 1. The average molecular weight is 285 g/mol. The van der Waals surface area contributed by atoms with Gasteiger partial charge in [0.05, 0.1) is 0 Å². The Hall–Kier alpha value is -1.81. The minimum Gasteiger partial charge on any atom is -0.358 e. The van der Waals surface area contributed by atoms with Gasteiger partial charge in [0, 0.05) is 41.8 Å². The molecule has 1 unspecified atom stereocenters. The maximum atomic E-state index is 12.7. The number of benzene rings is 1. The minimum atomic E-state index is 0.115. The number of hydrogen-bond acceptors (Lipinski definition) is 2. The van der Waals surface area contributed by atoms with E-state index in [0.717, 1.165) is 42.4 Å². The number of nitrogens with zero attached hydrogens (tertiary/aromatic N) is 1. The van der Waals surface area contributed by atoms with Crippen LogP contribution in [0.1, 0.15) is 34.5 Å². The largest absolute Gasteiger partial charge is 0.358 e. The monoisotopic (exact) mass is 285 g/mol. The lowest BCUT2D eigenvalue weighted by molar-refractivity contribution is 0.0708. The van der Waals surface area contributed by atoms with Crippen LogP contribution in [-0.2, 0) is 0 Å². The van der Waals surface area contributed by atoms with E-state index in [2.05, 4.69) is 24.1 Å². The smallest absolute Gasteiger partial charge is 0.253 e. The molecule has 112 valence electrons. The van der Waals surface area contributed by atoms with Crippen molar-refractivity contribution >= 4 is 16.8 Å². The Kier molecular flexibility index (Phi) is 3.72. The quantitative estimate of drug-likeness (QED) is 0.891. The van der Waals surface area contributed by atoms with Gasteiger partial charge in [-0.05, 0) is 57.0 Å². The van der Waals surface area contributed by atoms with Crippen molar-refractivity contribution in [1.29, 1.82) is 0 Å². The van der Waals surface area contributed by atoms with E-state index in [1.807, 2.05) is 30.1 Å². The zero-order chi connectivity index (χ0) is 15.0. The summed E-state index contributed by atoms with van der Waals surface area (Å²) in [6, 6.07) is 6.25. The lowest BCUT2D eigenvalue weighted by Gasteiger charge is -2.31. The van der Waals surface area contributed by atoms with E-state index in [1.54, 1.807) is 0 Å². The Labute approximate surface area is 125 Å². The number of amides is 1. The fourth-order valence-electron chi connectivity index (χ4n) is 3.13. The number of likely N-dealkylation sites (N-methyl/N-ethyl adjacent to an activating group) is 1. The first kappa shape index (κ1) is 14.1. The molecule has 1 aliphatic rings. The van der Waals surface area contributed by atoms with Crippen molar-refractivity contribution < 1.29 is 4.79 Å². The third-order valence-electron chi connectivity index (χ3n) is 4.69. The molecule has 2 aromatic rings. The van der Waals surface area contributed by atoms with E-state index in [4.69, 9.17) is 0 Å². The molecule has 4 nitrogen and oxygen atoms in total. The second kappa shape index (κ2) is 5.53. The van der Waals surface area contributed by atoms with Gasteiger partial charge in [-0.3, -0.25) is 4.79 Å². The number of H-pyrrole nitrogens is 1. The van der Waals surface area contributed by atoms with Crippen LogP contribution in [0.2, 0.25) is 0 Å². The SMILES string of the molecule is Cc1[nH]c2ccc(C(=O)N(C)C3CCCNC3)cc2c1C. The van der Waals surface area contributed by atoms with Crippen molar-refractivity contribution in [3.8, 4) is 0 Å². The number of rotatable bonds is 2. The number of aromatic amines is 1. The molecule has 3 rings (SSSR count). The van der Waals surface area contributed by atoms with Crippen LogP contribution in [0, 0.1) is 13.8 Å². The Morgan fingerprint density at radius 3 is 2.86 bits per heavy atom. The molecule has 21 heavy (non-hydrogen) atoms. The van der Waals surface area contributed by atoms with Gasteiger partial charge in [-0.2, -0.15) is 0 Å². The molecule has 1 amide bonds. The topological polar surface area (TPSA) is 48.1 Å². The fourth-order valence-corrected chi connectivity index (χ4v) is 3.13. The molecule has 4 heteroatoms. The highest BCUT2D eigenvalue weighted by atomic mass is 16.2. The summed E-state index contributed by atoms with van der Waals surface area (Å²) in [6.45, 7) is 6.12. The van der Waals surface area contributed by atoms with E-state index in [0.29, 0.717) is 6.04 Å². The molecule has 0 aliphatic carbocycles. The van der Waals surface area contributed by atoms with E-state index in [-0.39, 0.29) is 5.91 Å². The maximum absolute atomic E-state index is 12.7. The van der Waals surface area contributed by atoms with Crippen LogP contribution < -0.4 is 5.32 Å².